The number of amides is 3. The normalized spacial score (nSPS) is 14.3. The SMILES string of the molecule is CCOC(=O)N1CCN(C(=O)Nc2cc(C)c(Cl)cc2OC)CC1. The van der Waals surface area contributed by atoms with E-state index < -0.39 is 0 Å². The molecule has 1 heterocycles. The first kappa shape index (κ1) is 18.2. The summed E-state index contributed by atoms with van der Waals surface area (Å²) in [7, 11) is 1.52. The van der Waals surface area contributed by atoms with Gasteiger partial charge in [-0.3, -0.25) is 0 Å². The molecule has 1 aromatic carbocycles. The summed E-state index contributed by atoms with van der Waals surface area (Å²) in [6.45, 7) is 5.75. The molecule has 24 heavy (non-hydrogen) atoms. The number of carbonyl (C=O) groups is 2. The van der Waals surface area contributed by atoms with Crippen LogP contribution in [0.15, 0.2) is 12.1 Å². The van der Waals surface area contributed by atoms with Gasteiger partial charge in [-0.1, -0.05) is 11.6 Å². The Morgan fingerprint density at radius 3 is 2.42 bits per heavy atom. The van der Waals surface area contributed by atoms with Crippen molar-refractivity contribution in [3.63, 3.8) is 0 Å². The van der Waals surface area contributed by atoms with E-state index in [-0.39, 0.29) is 12.1 Å². The minimum Gasteiger partial charge on any atom is -0.495 e. The number of benzene rings is 1. The van der Waals surface area contributed by atoms with E-state index in [9.17, 15) is 9.59 Å². The molecule has 7 nitrogen and oxygen atoms in total. The molecule has 0 unspecified atom stereocenters. The maximum absolute atomic E-state index is 12.4. The van der Waals surface area contributed by atoms with Crippen molar-refractivity contribution in [3.8, 4) is 5.75 Å². The maximum atomic E-state index is 12.4. The monoisotopic (exact) mass is 355 g/mol. The molecule has 8 heteroatoms. The van der Waals surface area contributed by atoms with Crippen LogP contribution >= 0.6 is 11.6 Å². The number of piperazine rings is 1. The van der Waals surface area contributed by atoms with E-state index in [1.54, 1.807) is 28.9 Å². The molecule has 132 valence electrons. The number of hydrogen-bond acceptors (Lipinski definition) is 4. The lowest BCUT2D eigenvalue weighted by Crippen LogP contribution is -2.51. The van der Waals surface area contributed by atoms with Crippen LogP contribution in [0.1, 0.15) is 12.5 Å². The number of carbonyl (C=O) groups excluding carboxylic acids is 2. The maximum Gasteiger partial charge on any atom is 0.409 e. The van der Waals surface area contributed by atoms with Crippen molar-refractivity contribution in [2.75, 3.05) is 45.2 Å². The molecule has 0 bridgehead atoms. The van der Waals surface area contributed by atoms with Crippen molar-refractivity contribution < 1.29 is 19.1 Å². The van der Waals surface area contributed by atoms with Gasteiger partial charge >= 0.3 is 12.1 Å². The third kappa shape index (κ3) is 4.23. The van der Waals surface area contributed by atoms with Crippen molar-refractivity contribution >= 4 is 29.4 Å². The molecule has 0 spiro atoms. The molecule has 1 fully saturated rings. The van der Waals surface area contributed by atoms with Gasteiger partial charge in [-0.2, -0.15) is 0 Å². The fourth-order valence-electron chi connectivity index (χ4n) is 2.43. The van der Waals surface area contributed by atoms with Crippen LogP contribution in [-0.4, -0.2) is 61.8 Å². The first-order valence-corrected chi connectivity index (χ1v) is 8.15. The minimum absolute atomic E-state index is 0.237. The predicted molar refractivity (Wildman–Crippen MR) is 91.9 cm³/mol. The van der Waals surface area contributed by atoms with Gasteiger partial charge < -0.3 is 24.6 Å². The van der Waals surface area contributed by atoms with E-state index in [1.165, 1.54) is 7.11 Å². The van der Waals surface area contributed by atoms with E-state index >= 15 is 0 Å². The average Bonchev–Trinajstić information content (AvgIpc) is 2.58. The fourth-order valence-corrected chi connectivity index (χ4v) is 2.58. The zero-order valence-electron chi connectivity index (χ0n) is 14.1. The number of rotatable bonds is 3. The van der Waals surface area contributed by atoms with Crippen LogP contribution in [0, 0.1) is 6.92 Å². The minimum atomic E-state index is -0.340. The zero-order chi connectivity index (χ0) is 17.7. The van der Waals surface area contributed by atoms with E-state index in [2.05, 4.69) is 5.32 Å². The summed E-state index contributed by atoms with van der Waals surface area (Å²) in [5, 5.41) is 3.41. The predicted octanol–water partition coefficient (Wildman–Crippen LogP) is 2.96. The first-order chi connectivity index (χ1) is 11.5. The van der Waals surface area contributed by atoms with Gasteiger partial charge in [-0.15, -0.1) is 0 Å². The van der Waals surface area contributed by atoms with Gasteiger partial charge in [0.1, 0.15) is 5.75 Å². The number of halogens is 1. The Labute approximate surface area is 146 Å². The lowest BCUT2D eigenvalue weighted by Gasteiger charge is -2.34. The van der Waals surface area contributed by atoms with E-state index in [0.29, 0.717) is 49.2 Å². The van der Waals surface area contributed by atoms with Gasteiger partial charge in [0.25, 0.3) is 0 Å². The Bertz CT molecular complexity index is 616. The van der Waals surface area contributed by atoms with Crippen LogP contribution in [0.5, 0.6) is 5.75 Å². The lowest BCUT2D eigenvalue weighted by atomic mass is 10.2. The molecule has 0 saturated carbocycles. The van der Waals surface area contributed by atoms with Crippen molar-refractivity contribution in [3.05, 3.63) is 22.7 Å². The topological polar surface area (TPSA) is 71.1 Å². The summed E-state index contributed by atoms with van der Waals surface area (Å²) in [6, 6.07) is 3.21. The summed E-state index contributed by atoms with van der Waals surface area (Å²) < 4.78 is 10.2. The molecule has 1 aromatic rings. The Kier molecular flexibility index (Phi) is 6.14. The number of nitrogens with one attached hydrogen (secondary N) is 1. The largest absolute Gasteiger partial charge is 0.495 e. The second-order valence-corrected chi connectivity index (χ2v) is 5.81. The third-order valence-corrected chi connectivity index (χ3v) is 4.22. The second kappa shape index (κ2) is 8.10. The van der Waals surface area contributed by atoms with Crippen LogP contribution in [0.25, 0.3) is 0 Å². The van der Waals surface area contributed by atoms with Crippen LogP contribution in [-0.2, 0) is 4.74 Å². The van der Waals surface area contributed by atoms with Crippen LogP contribution < -0.4 is 10.1 Å². The quantitative estimate of drug-likeness (QED) is 0.904. The number of anilines is 1. The summed E-state index contributed by atoms with van der Waals surface area (Å²) in [4.78, 5) is 27.3. The number of methoxy groups -OCH3 is 1. The van der Waals surface area contributed by atoms with Gasteiger partial charge in [-0.25, -0.2) is 9.59 Å². The third-order valence-electron chi connectivity index (χ3n) is 3.82. The summed E-state index contributed by atoms with van der Waals surface area (Å²) in [5.74, 6) is 0.504. The molecule has 1 aliphatic rings. The molecule has 2 rings (SSSR count). The smallest absolute Gasteiger partial charge is 0.409 e. The van der Waals surface area contributed by atoms with Crippen molar-refractivity contribution in [2.24, 2.45) is 0 Å². The van der Waals surface area contributed by atoms with E-state index in [4.69, 9.17) is 21.1 Å². The highest BCUT2D eigenvalue weighted by atomic mass is 35.5. The molecular formula is C16H22ClN3O4. The highest BCUT2D eigenvalue weighted by Gasteiger charge is 2.25. The molecule has 1 aliphatic heterocycles. The Morgan fingerprint density at radius 2 is 1.83 bits per heavy atom. The summed E-state index contributed by atoms with van der Waals surface area (Å²) in [5.41, 5.74) is 1.41. The molecule has 0 aromatic heterocycles. The standard InChI is InChI=1S/C16H22ClN3O4/c1-4-24-16(22)20-7-5-19(6-8-20)15(21)18-13-9-11(2)12(17)10-14(13)23-3/h9-10H,4-8H2,1-3H3,(H,18,21). The number of nitrogens with zero attached hydrogens (tertiary/aromatic N) is 2. The second-order valence-electron chi connectivity index (χ2n) is 5.40. The van der Waals surface area contributed by atoms with Crippen molar-refractivity contribution in [1.82, 2.24) is 9.80 Å². The van der Waals surface area contributed by atoms with Gasteiger partial charge in [0, 0.05) is 37.3 Å². The molecule has 0 aliphatic carbocycles. The Morgan fingerprint density at radius 1 is 1.21 bits per heavy atom. The Balaban J connectivity index is 1.97. The van der Waals surface area contributed by atoms with E-state index in [1.807, 2.05) is 6.92 Å². The molecule has 3 amide bonds. The first-order valence-electron chi connectivity index (χ1n) is 7.78. The average molecular weight is 356 g/mol. The number of hydrogen-bond donors (Lipinski definition) is 1. The van der Waals surface area contributed by atoms with Gasteiger partial charge in [0.05, 0.1) is 19.4 Å². The molecule has 0 radical (unpaired) electrons. The van der Waals surface area contributed by atoms with Gasteiger partial charge in [-0.05, 0) is 25.5 Å². The highest BCUT2D eigenvalue weighted by molar-refractivity contribution is 6.31. The summed E-state index contributed by atoms with van der Waals surface area (Å²) in [6.07, 6.45) is -0.340. The molecule has 1 N–H and O–H groups in total. The molecule has 1 saturated heterocycles. The van der Waals surface area contributed by atoms with Gasteiger partial charge in [0.2, 0.25) is 0 Å². The number of urea groups is 1. The lowest BCUT2D eigenvalue weighted by molar-refractivity contribution is 0.0868. The zero-order valence-corrected chi connectivity index (χ0v) is 14.9. The van der Waals surface area contributed by atoms with Crippen molar-refractivity contribution in [2.45, 2.75) is 13.8 Å². The number of ether oxygens (including phenoxy) is 2. The van der Waals surface area contributed by atoms with E-state index in [0.717, 1.165) is 5.56 Å². The van der Waals surface area contributed by atoms with Gasteiger partial charge in [0.15, 0.2) is 0 Å². The van der Waals surface area contributed by atoms with Crippen molar-refractivity contribution in [1.29, 1.82) is 0 Å². The highest BCUT2D eigenvalue weighted by Crippen LogP contribution is 2.31. The molecular weight excluding hydrogens is 334 g/mol. The van der Waals surface area contributed by atoms with Crippen LogP contribution in [0.3, 0.4) is 0 Å². The van der Waals surface area contributed by atoms with Crippen LogP contribution in [0.2, 0.25) is 5.02 Å². The fraction of sp³-hybridized carbons (Fsp3) is 0.500. The Hall–Kier alpha value is -2.15. The molecule has 0 atom stereocenters. The number of aryl methyl sites for hydroxylation is 1. The van der Waals surface area contributed by atoms with Crippen LogP contribution in [0.4, 0.5) is 15.3 Å². The summed E-state index contributed by atoms with van der Waals surface area (Å²) >= 11 is 6.07.